The third kappa shape index (κ3) is 4.03. The fraction of sp³-hybridized carbons (Fsp3) is 0.391. The summed E-state index contributed by atoms with van der Waals surface area (Å²) in [7, 11) is 0. The van der Waals surface area contributed by atoms with Gasteiger partial charge in [0.2, 0.25) is 0 Å². The van der Waals surface area contributed by atoms with Crippen LogP contribution in [0, 0.1) is 17.2 Å². The fourth-order valence-electron chi connectivity index (χ4n) is 4.40. The molecule has 1 spiro atoms. The van der Waals surface area contributed by atoms with Gasteiger partial charge in [-0.15, -0.1) is 0 Å². The Kier molecular flexibility index (Phi) is 5.72. The zero-order valence-corrected chi connectivity index (χ0v) is 16.6. The van der Waals surface area contributed by atoms with Crippen molar-refractivity contribution in [3.63, 3.8) is 0 Å². The van der Waals surface area contributed by atoms with Crippen molar-refractivity contribution in [1.29, 1.82) is 0 Å². The van der Waals surface area contributed by atoms with Gasteiger partial charge in [0, 0.05) is 42.8 Å². The van der Waals surface area contributed by atoms with E-state index >= 15 is 0 Å². The van der Waals surface area contributed by atoms with Crippen molar-refractivity contribution < 1.29 is 28.6 Å². The molecule has 1 atom stereocenters. The molecule has 0 bridgehead atoms. The molecular weight excluding hydrogens is 389 g/mol. The molecule has 7 heteroatoms. The van der Waals surface area contributed by atoms with Gasteiger partial charge in [-0.25, -0.2) is 4.39 Å². The normalized spacial score (nSPS) is 20.3. The van der Waals surface area contributed by atoms with Gasteiger partial charge in [0.25, 0.3) is 5.91 Å². The molecule has 1 N–H and O–H groups in total. The number of nitrogens with zero attached hydrogens (tertiary/aromatic N) is 1. The number of likely N-dealkylation sites (tertiary alicyclic amines) is 1. The number of halogens is 1. The molecule has 2 saturated heterocycles. The van der Waals surface area contributed by atoms with E-state index in [0.29, 0.717) is 49.5 Å². The Labute approximate surface area is 174 Å². The summed E-state index contributed by atoms with van der Waals surface area (Å²) in [5.41, 5.74) is 0.514. The molecule has 0 radical (unpaired) electrons. The Bertz CT molecular complexity index is 923. The molecule has 0 saturated carbocycles. The van der Waals surface area contributed by atoms with Gasteiger partial charge in [0.1, 0.15) is 18.2 Å². The molecule has 0 aliphatic carbocycles. The first-order valence-electron chi connectivity index (χ1n) is 10.0. The highest BCUT2D eigenvalue weighted by Gasteiger charge is 2.52. The first kappa shape index (κ1) is 20.3. The van der Waals surface area contributed by atoms with Crippen LogP contribution in [0.15, 0.2) is 48.5 Å². The summed E-state index contributed by atoms with van der Waals surface area (Å²) in [6.45, 7) is 1.79. The number of carbonyl (C=O) groups excluding carboxylic acids is 1. The predicted molar refractivity (Wildman–Crippen MR) is 107 cm³/mol. The van der Waals surface area contributed by atoms with Crippen molar-refractivity contribution >= 4 is 11.9 Å². The minimum atomic E-state index is -0.857. The second kappa shape index (κ2) is 8.44. The Balaban J connectivity index is 1.42. The number of carboxylic acid groups (broad SMARTS) is 1. The molecule has 30 heavy (non-hydrogen) atoms. The maximum Gasteiger partial charge on any atom is 0.308 e. The molecule has 2 aliphatic rings. The predicted octanol–water partition coefficient (Wildman–Crippen LogP) is 3.36. The van der Waals surface area contributed by atoms with Crippen LogP contribution >= 0.6 is 0 Å². The monoisotopic (exact) mass is 413 g/mol. The van der Waals surface area contributed by atoms with Crippen molar-refractivity contribution in [3.8, 4) is 5.75 Å². The lowest BCUT2D eigenvalue weighted by molar-refractivity contribution is -0.146. The van der Waals surface area contributed by atoms with E-state index in [4.69, 9.17) is 9.47 Å². The van der Waals surface area contributed by atoms with Crippen molar-refractivity contribution in [3.05, 3.63) is 65.5 Å². The highest BCUT2D eigenvalue weighted by atomic mass is 19.1. The number of benzene rings is 2. The van der Waals surface area contributed by atoms with Gasteiger partial charge in [0.05, 0.1) is 5.92 Å². The second-order valence-corrected chi connectivity index (χ2v) is 7.96. The SMILES string of the molecule is O=C(O)C1CN(C(=O)c2ccc(OCc3ccccc3F)cc2)CC12CCOCC2. The quantitative estimate of drug-likeness (QED) is 0.814. The van der Waals surface area contributed by atoms with Gasteiger partial charge in [-0.1, -0.05) is 18.2 Å². The third-order valence-corrected chi connectivity index (χ3v) is 6.18. The summed E-state index contributed by atoms with van der Waals surface area (Å²) in [5, 5.41) is 9.69. The van der Waals surface area contributed by atoms with E-state index in [2.05, 4.69) is 0 Å². The molecule has 2 aliphatic heterocycles. The summed E-state index contributed by atoms with van der Waals surface area (Å²) in [5.74, 6) is -1.42. The van der Waals surface area contributed by atoms with E-state index in [1.165, 1.54) is 6.07 Å². The topological polar surface area (TPSA) is 76.1 Å². The van der Waals surface area contributed by atoms with Gasteiger partial charge < -0.3 is 19.5 Å². The zero-order valence-electron chi connectivity index (χ0n) is 16.6. The number of amides is 1. The van der Waals surface area contributed by atoms with Crippen molar-refractivity contribution in [2.24, 2.45) is 11.3 Å². The molecule has 4 rings (SSSR count). The average molecular weight is 413 g/mol. The third-order valence-electron chi connectivity index (χ3n) is 6.18. The van der Waals surface area contributed by atoms with Crippen LogP contribution in [-0.2, 0) is 16.1 Å². The maximum atomic E-state index is 13.7. The van der Waals surface area contributed by atoms with Crippen LogP contribution < -0.4 is 4.74 Å². The first-order valence-corrected chi connectivity index (χ1v) is 10.0. The van der Waals surface area contributed by atoms with Crippen molar-refractivity contribution in [2.75, 3.05) is 26.3 Å². The average Bonchev–Trinajstić information content (AvgIpc) is 3.12. The van der Waals surface area contributed by atoms with E-state index in [1.54, 1.807) is 47.4 Å². The van der Waals surface area contributed by atoms with Crippen molar-refractivity contribution in [2.45, 2.75) is 19.4 Å². The van der Waals surface area contributed by atoms with Gasteiger partial charge in [0.15, 0.2) is 0 Å². The Morgan fingerprint density at radius 3 is 2.50 bits per heavy atom. The number of ether oxygens (including phenoxy) is 2. The smallest absolute Gasteiger partial charge is 0.308 e. The summed E-state index contributed by atoms with van der Waals surface area (Å²) in [6.07, 6.45) is 1.30. The number of carbonyl (C=O) groups is 2. The van der Waals surface area contributed by atoms with E-state index in [-0.39, 0.29) is 24.9 Å². The van der Waals surface area contributed by atoms with E-state index in [9.17, 15) is 19.1 Å². The minimum absolute atomic E-state index is 0.0942. The molecule has 0 aromatic heterocycles. The summed E-state index contributed by atoms with van der Waals surface area (Å²) in [6, 6.07) is 13.1. The highest BCUT2D eigenvalue weighted by molar-refractivity contribution is 5.95. The van der Waals surface area contributed by atoms with E-state index < -0.39 is 17.3 Å². The van der Waals surface area contributed by atoms with E-state index in [0.717, 1.165) is 0 Å². The second-order valence-electron chi connectivity index (χ2n) is 7.96. The fourth-order valence-corrected chi connectivity index (χ4v) is 4.40. The van der Waals surface area contributed by atoms with Crippen LogP contribution in [0.25, 0.3) is 0 Å². The van der Waals surface area contributed by atoms with Crippen LogP contribution in [0.2, 0.25) is 0 Å². The van der Waals surface area contributed by atoms with Crippen molar-refractivity contribution in [1.82, 2.24) is 4.90 Å². The maximum absolute atomic E-state index is 13.7. The summed E-state index contributed by atoms with van der Waals surface area (Å²) < 4.78 is 24.7. The summed E-state index contributed by atoms with van der Waals surface area (Å²) >= 11 is 0. The molecule has 1 amide bonds. The van der Waals surface area contributed by atoms with Crippen LogP contribution in [0.3, 0.4) is 0 Å². The molecule has 6 nitrogen and oxygen atoms in total. The molecule has 2 heterocycles. The molecule has 2 aromatic carbocycles. The molecule has 2 fully saturated rings. The van der Waals surface area contributed by atoms with Crippen LogP contribution in [0.4, 0.5) is 4.39 Å². The number of carboxylic acids is 1. The molecule has 2 aromatic rings. The zero-order chi connectivity index (χ0) is 21.1. The lowest BCUT2D eigenvalue weighted by Gasteiger charge is -2.36. The first-order chi connectivity index (χ1) is 14.5. The number of aliphatic carboxylic acids is 1. The lowest BCUT2D eigenvalue weighted by Crippen LogP contribution is -2.40. The number of rotatable bonds is 5. The minimum Gasteiger partial charge on any atom is -0.489 e. The number of hydrogen-bond acceptors (Lipinski definition) is 4. The standard InChI is InChI=1S/C23H24FNO5/c24-20-4-2-1-3-17(20)14-30-18-7-5-16(6-8-18)21(26)25-13-19(22(27)28)23(15-25)9-11-29-12-10-23/h1-8,19H,9-15H2,(H,27,28). The van der Waals surface area contributed by atoms with Crippen LogP contribution in [0.5, 0.6) is 5.75 Å². The largest absolute Gasteiger partial charge is 0.489 e. The van der Waals surface area contributed by atoms with Gasteiger partial charge in [-0.3, -0.25) is 9.59 Å². The molecule has 1 unspecified atom stereocenters. The molecule has 158 valence electrons. The van der Waals surface area contributed by atoms with Gasteiger partial charge in [-0.05, 0) is 43.2 Å². The molecular formula is C23H24FNO5. The van der Waals surface area contributed by atoms with Gasteiger partial charge in [-0.2, -0.15) is 0 Å². The Hall–Kier alpha value is -2.93. The highest BCUT2D eigenvalue weighted by Crippen LogP contribution is 2.44. The van der Waals surface area contributed by atoms with E-state index in [1.807, 2.05) is 0 Å². The number of hydrogen-bond donors (Lipinski definition) is 1. The lowest BCUT2D eigenvalue weighted by atomic mass is 9.72. The summed E-state index contributed by atoms with van der Waals surface area (Å²) in [4.78, 5) is 26.4. The van der Waals surface area contributed by atoms with Crippen LogP contribution in [0.1, 0.15) is 28.8 Å². The Morgan fingerprint density at radius 1 is 1.13 bits per heavy atom. The van der Waals surface area contributed by atoms with Gasteiger partial charge >= 0.3 is 5.97 Å². The van der Waals surface area contributed by atoms with Crippen LogP contribution in [-0.4, -0.2) is 48.2 Å². The Morgan fingerprint density at radius 2 is 1.83 bits per heavy atom.